The van der Waals surface area contributed by atoms with Gasteiger partial charge >= 0.3 is 11.9 Å². The van der Waals surface area contributed by atoms with Crippen molar-refractivity contribution in [2.75, 3.05) is 11.1 Å². The topological polar surface area (TPSA) is 106 Å². The van der Waals surface area contributed by atoms with E-state index in [1.165, 1.54) is 14.1 Å². The molecule has 1 aromatic heterocycles. The first-order valence-electron chi connectivity index (χ1n) is 9.82. The maximum absolute atomic E-state index is 13.0. The van der Waals surface area contributed by atoms with Gasteiger partial charge in [0.05, 0.1) is 27.7 Å². The largest absolute Gasteiger partial charge is 0.494 e. The Morgan fingerprint density at radius 1 is 1.11 bits per heavy atom. The maximum Gasteiger partial charge on any atom is 0.416 e. The number of carbonyl (C=O) groups excluding carboxylic acids is 1. The lowest BCUT2D eigenvalue weighted by Gasteiger charge is -2.13. The average molecular weight is 527 g/mol. The Hall–Kier alpha value is -3.51. The Morgan fingerprint density at radius 3 is 2.40 bits per heavy atom. The number of halogens is 4. The summed E-state index contributed by atoms with van der Waals surface area (Å²) in [6.07, 6.45) is -4.63. The number of rotatable bonds is 5. The second-order valence-electron chi connectivity index (χ2n) is 7.19. The van der Waals surface area contributed by atoms with E-state index in [0.717, 1.165) is 33.0 Å². The normalized spacial score (nSPS) is 12.0. The molecule has 0 saturated carbocycles. The van der Waals surface area contributed by atoms with Crippen molar-refractivity contribution in [3.05, 3.63) is 85.5 Å². The Labute approximate surface area is 205 Å². The molecule has 2 N–H and O–H groups in total. The Balaban J connectivity index is 1.95. The standard InChI is InChI=1S/C22H18ClF3N4O4S/c1-29-19(32)17(20(33)30(2)21(29)34)18(27-13-6-4-3-5-7-13)35-11-16(31)28-15-10-12(22(24,25)26)8-9-14(15)23/h3-10,32H,11H2,1-2H3,(H,28,31). The summed E-state index contributed by atoms with van der Waals surface area (Å²) in [5.41, 5.74) is -2.75. The summed E-state index contributed by atoms with van der Waals surface area (Å²) in [5, 5.41) is 12.6. The molecule has 0 atom stereocenters. The molecule has 0 fully saturated rings. The summed E-state index contributed by atoms with van der Waals surface area (Å²) < 4.78 is 40.6. The number of carbonyl (C=O) groups is 1. The Kier molecular flexibility index (Phi) is 7.76. The number of aromatic nitrogens is 2. The van der Waals surface area contributed by atoms with Crippen molar-refractivity contribution in [3.63, 3.8) is 0 Å². The van der Waals surface area contributed by atoms with Gasteiger partial charge in [-0.05, 0) is 30.3 Å². The van der Waals surface area contributed by atoms with Gasteiger partial charge in [-0.2, -0.15) is 13.2 Å². The SMILES string of the molecule is Cn1c(O)c(C(=Nc2ccccc2)SCC(=O)Nc2cc(C(F)(F)F)ccc2Cl)c(=O)n(C)c1=O. The summed E-state index contributed by atoms with van der Waals surface area (Å²) in [7, 11) is 2.48. The molecule has 1 amide bonds. The van der Waals surface area contributed by atoms with E-state index >= 15 is 0 Å². The predicted octanol–water partition coefficient (Wildman–Crippen LogP) is 3.91. The monoisotopic (exact) mass is 526 g/mol. The van der Waals surface area contributed by atoms with Gasteiger partial charge in [0.2, 0.25) is 11.8 Å². The van der Waals surface area contributed by atoms with Crippen LogP contribution >= 0.6 is 23.4 Å². The summed E-state index contributed by atoms with van der Waals surface area (Å²) in [5.74, 6) is -1.79. The molecule has 0 aliphatic heterocycles. The van der Waals surface area contributed by atoms with Gasteiger partial charge in [-0.15, -0.1) is 0 Å². The van der Waals surface area contributed by atoms with Crippen LogP contribution in [-0.2, 0) is 25.1 Å². The van der Waals surface area contributed by atoms with Crippen LogP contribution in [-0.4, -0.2) is 30.9 Å². The lowest BCUT2D eigenvalue weighted by atomic mass is 10.2. The van der Waals surface area contributed by atoms with Gasteiger partial charge in [0.15, 0.2) is 0 Å². The van der Waals surface area contributed by atoms with Crippen LogP contribution < -0.4 is 16.6 Å². The molecule has 0 radical (unpaired) electrons. The number of thioether (sulfide) groups is 1. The molecular weight excluding hydrogens is 509 g/mol. The zero-order chi connectivity index (χ0) is 25.9. The van der Waals surface area contributed by atoms with Crippen molar-refractivity contribution in [1.29, 1.82) is 0 Å². The molecule has 13 heteroatoms. The van der Waals surface area contributed by atoms with Crippen molar-refractivity contribution in [1.82, 2.24) is 9.13 Å². The van der Waals surface area contributed by atoms with Gasteiger partial charge in [-0.1, -0.05) is 41.6 Å². The third-order valence-corrected chi connectivity index (χ3v) is 6.05. The van der Waals surface area contributed by atoms with E-state index in [-0.39, 0.29) is 21.3 Å². The highest BCUT2D eigenvalue weighted by Gasteiger charge is 2.31. The first-order chi connectivity index (χ1) is 16.4. The van der Waals surface area contributed by atoms with Gasteiger partial charge in [-0.25, -0.2) is 9.79 Å². The molecule has 35 heavy (non-hydrogen) atoms. The van der Waals surface area contributed by atoms with Crippen molar-refractivity contribution in [2.24, 2.45) is 19.1 Å². The van der Waals surface area contributed by atoms with Crippen molar-refractivity contribution in [3.8, 4) is 5.88 Å². The minimum absolute atomic E-state index is 0.0739. The number of alkyl halides is 3. The first-order valence-corrected chi connectivity index (χ1v) is 11.2. The quantitative estimate of drug-likeness (QED) is 0.387. The third kappa shape index (κ3) is 5.95. The highest BCUT2D eigenvalue weighted by molar-refractivity contribution is 8.15. The van der Waals surface area contributed by atoms with Crippen LogP contribution in [0.15, 0.2) is 63.1 Å². The van der Waals surface area contributed by atoms with Crippen molar-refractivity contribution in [2.45, 2.75) is 6.18 Å². The summed E-state index contributed by atoms with van der Waals surface area (Å²) in [4.78, 5) is 41.8. The van der Waals surface area contributed by atoms with E-state index in [0.29, 0.717) is 11.8 Å². The minimum Gasteiger partial charge on any atom is -0.494 e. The Bertz CT molecular complexity index is 1420. The van der Waals surface area contributed by atoms with Crippen LogP contribution in [0, 0.1) is 0 Å². The number of hydrogen-bond acceptors (Lipinski definition) is 6. The molecule has 0 unspecified atom stereocenters. The number of benzene rings is 2. The molecule has 2 aromatic carbocycles. The van der Waals surface area contributed by atoms with Crippen LogP contribution in [0.2, 0.25) is 5.02 Å². The lowest BCUT2D eigenvalue weighted by molar-refractivity contribution is -0.137. The number of amides is 1. The van der Waals surface area contributed by atoms with Crippen LogP contribution in [0.25, 0.3) is 0 Å². The highest BCUT2D eigenvalue weighted by atomic mass is 35.5. The van der Waals surface area contributed by atoms with E-state index in [1.54, 1.807) is 30.3 Å². The van der Waals surface area contributed by atoms with Crippen LogP contribution in [0.5, 0.6) is 5.88 Å². The smallest absolute Gasteiger partial charge is 0.416 e. The van der Waals surface area contributed by atoms with E-state index in [1.807, 2.05) is 0 Å². The van der Waals surface area contributed by atoms with E-state index in [9.17, 15) is 32.7 Å². The average Bonchev–Trinajstić information content (AvgIpc) is 2.81. The number of hydrogen-bond donors (Lipinski definition) is 2. The fourth-order valence-corrected chi connectivity index (χ4v) is 3.92. The molecule has 0 bridgehead atoms. The van der Waals surface area contributed by atoms with Crippen LogP contribution in [0.3, 0.4) is 0 Å². The molecule has 3 aromatic rings. The molecule has 0 saturated heterocycles. The van der Waals surface area contributed by atoms with Crippen LogP contribution in [0.4, 0.5) is 24.5 Å². The number of para-hydroxylation sites is 1. The fraction of sp³-hybridized carbons (Fsp3) is 0.182. The molecular formula is C22H18ClF3N4O4S. The van der Waals surface area contributed by atoms with Gasteiger partial charge < -0.3 is 10.4 Å². The van der Waals surface area contributed by atoms with Gasteiger partial charge in [0.25, 0.3) is 5.56 Å². The number of nitrogens with one attached hydrogen (secondary N) is 1. The number of anilines is 1. The third-order valence-electron chi connectivity index (χ3n) is 4.74. The molecule has 1 heterocycles. The summed E-state index contributed by atoms with van der Waals surface area (Å²) in [6, 6.07) is 10.8. The van der Waals surface area contributed by atoms with E-state index in [4.69, 9.17) is 11.6 Å². The van der Waals surface area contributed by atoms with E-state index in [2.05, 4.69) is 10.3 Å². The second kappa shape index (κ2) is 10.4. The number of aromatic hydroxyl groups is 1. The Morgan fingerprint density at radius 2 is 1.77 bits per heavy atom. The van der Waals surface area contributed by atoms with Crippen LogP contribution in [0.1, 0.15) is 11.1 Å². The van der Waals surface area contributed by atoms with Crippen molar-refractivity contribution >= 4 is 45.7 Å². The number of aliphatic imine (C=N–C) groups is 1. The molecule has 0 aliphatic carbocycles. The molecule has 0 spiro atoms. The fourth-order valence-electron chi connectivity index (χ4n) is 2.92. The zero-order valence-corrected chi connectivity index (χ0v) is 19.8. The molecule has 3 rings (SSSR count). The zero-order valence-electron chi connectivity index (χ0n) is 18.3. The predicted molar refractivity (Wildman–Crippen MR) is 129 cm³/mol. The van der Waals surface area contributed by atoms with Gasteiger partial charge in [-0.3, -0.25) is 18.7 Å². The maximum atomic E-state index is 13.0. The van der Waals surface area contributed by atoms with Gasteiger partial charge in [0, 0.05) is 14.1 Å². The van der Waals surface area contributed by atoms with E-state index < -0.39 is 40.5 Å². The second-order valence-corrected chi connectivity index (χ2v) is 8.56. The van der Waals surface area contributed by atoms with Crippen molar-refractivity contribution < 1.29 is 23.1 Å². The number of nitrogens with zero attached hydrogens (tertiary/aromatic N) is 3. The lowest BCUT2D eigenvalue weighted by Crippen LogP contribution is -2.39. The highest BCUT2D eigenvalue weighted by Crippen LogP contribution is 2.34. The first kappa shape index (κ1) is 26.1. The van der Waals surface area contributed by atoms with Gasteiger partial charge in [0.1, 0.15) is 10.6 Å². The molecule has 0 aliphatic rings. The molecule has 184 valence electrons. The summed E-state index contributed by atoms with van der Waals surface area (Å²) >= 11 is 6.67. The summed E-state index contributed by atoms with van der Waals surface area (Å²) in [6.45, 7) is 0. The minimum atomic E-state index is -4.63. The molecule has 8 nitrogen and oxygen atoms in total.